The molecule has 0 unspecified atom stereocenters. The van der Waals surface area contributed by atoms with Crippen LogP contribution in [0.2, 0.25) is 0 Å². The Labute approximate surface area is 135 Å². The van der Waals surface area contributed by atoms with Crippen LogP contribution < -0.4 is 5.32 Å². The molecule has 2 aromatic heterocycles. The van der Waals surface area contributed by atoms with Gasteiger partial charge in [-0.15, -0.1) is 0 Å². The number of alkyl carbamates (subject to hydrolysis) is 1. The summed E-state index contributed by atoms with van der Waals surface area (Å²) in [6.45, 7) is 11.0. The van der Waals surface area contributed by atoms with E-state index in [1.807, 2.05) is 20.9 Å². The molecule has 0 aliphatic carbocycles. The molecule has 0 radical (unpaired) electrons. The lowest BCUT2D eigenvalue weighted by Crippen LogP contribution is -2.34. The number of carbonyl (C=O) groups is 1. The SMILES string of the molecule is Cc1nn(C)c(C)c1-c1noc([C@H](C)NC(=O)OC(C)(C)C)n1. The van der Waals surface area contributed by atoms with Crippen LogP contribution >= 0.6 is 0 Å². The highest BCUT2D eigenvalue weighted by molar-refractivity contribution is 5.68. The first-order valence-electron chi connectivity index (χ1n) is 7.42. The molecule has 0 saturated carbocycles. The van der Waals surface area contributed by atoms with Gasteiger partial charge in [0.1, 0.15) is 11.6 Å². The molecule has 0 aliphatic rings. The Hall–Kier alpha value is -2.38. The first-order valence-corrected chi connectivity index (χ1v) is 7.42. The molecule has 0 spiro atoms. The zero-order chi connectivity index (χ0) is 17.4. The maximum Gasteiger partial charge on any atom is 0.408 e. The van der Waals surface area contributed by atoms with E-state index in [0.717, 1.165) is 17.0 Å². The van der Waals surface area contributed by atoms with Gasteiger partial charge in [-0.2, -0.15) is 10.1 Å². The quantitative estimate of drug-likeness (QED) is 0.934. The second-order valence-corrected chi connectivity index (χ2v) is 6.49. The van der Waals surface area contributed by atoms with Crippen LogP contribution in [0, 0.1) is 13.8 Å². The minimum absolute atomic E-state index is 0.313. The summed E-state index contributed by atoms with van der Waals surface area (Å²) in [5, 5.41) is 11.0. The highest BCUT2D eigenvalue weighted by Gasteiger charge is 2.23. The second-order valence-electron chi connectivity index (χ2n) is 6.49. The minimum atomic E-state index is -0.562. The van der Waals surface area contributed by atoms with Gasteiger partial charge < -0.3 is 14.6 Å². The van der Waals surface area contributed by atoms with Crippen LogP contribution in [0.3, 0.4) is 0 Å². The Morgan fingerprint density at radius 2 is 2.00 bits per heavy atom. The van der Waals surface area contributed by atoms with E-state index in [2.05, 4.69) is 20.6 Å². The van der Waals surface area contributed by atoms with E-state index in [0.29, 0.717) is 11.7 Å². The molecule has 8 heteroatoms. The van der Waals surface area contributed by atoms with Crippen molar-refractivity contribution in [2.75, 3.05) is 0 Å². The van der Waals surface area contributed by atoms with Gasteiger partial charge in [0.05, 0.1) is 11.3 Å². The molecule has 1 atom stereocenters. The summed E-state index contributed by atoms with van der Waals surface area (Å²) in [5.41, 5.74) is 2.05. The molecule has 2 heterocycles. The monoisotopic (exact) mass is 321 g/mol. The Bertz CT molecular complexity index is 711. The van der Waals surface area contributed by atoms with E-state index in [4.69, 9.17) is 9.26 Å². The van der Waals surface area contributed by atoms with Crippen molar-refractivity contribution in [2.45, 2.75) is 53.2 Å². The first kappa shape index (κ1) is 17.0. The molecule has 2 rings (SSSR count). The van der Waals surface area contributed by atoms with Crippen LogP contribution in [-0.2, 0) is 11.8 Å². The van der Waals surface area contributed by atoms with E-state index < -0.39 is 17.7 Å². The number of rotatable bonds is 3. The fourth-order valence-electron chi connectivity index (χ4n) is 2.16. The number of amides is 1. The van der Waals surface area contributed by atoms with Gasteiger partial charge in [-0.3, -0.25) is 4.68 Å². The topological polar surface area (TPSA) is 95.1 Å². The lowest BCUT2D eigenvalue weighted by Gasteiger charge is -2.20. The third-order valence-corrected chi connectivity index (χ3v) is 3.28. The van der Waals surface area contributed by atoms with Gasteiger partial charge >= 0.3 is 6.09 Å². The molecule has 8 nitrogen and oxygen atoms in total. The average molecular weight is 321 g/mol. The van der Waals surface area contributed by atoms with Gasteiger partial charge in [0, 0.05) is 12.7 Å². The summed E-state index contributed by atoms with van der Waals surface area (Å²) < 4.78 is 12.2. The van der Waals surface area contributed by atoms with Crippen molar-refractivity contribution in [1.82, 2.24) is 25.2 Å². The Morgan fingerprint density at radius 3 is 2.52 bits per heavy atom. The lowest BCUT2D eigenvalue weighted by molar-refractivity contribution is 0.0499. The number of aromatic nitrogens is 4. The fraction of sp³-hybridized carbons (Fsp3) is 0.600. The van der Waals surface area contributed by atoms with Crippen LogP contribution in [0.1, 0.15) is 51.0 Å². The van der Waals surface area contributed by atoms with Crippen molar-refractivity contribution in [3.63, 3.8) is 0 Å². The number of nitrogens with one attached hydrogen (secondary N) is 1. The van der Waals surface area contributed by atoms with Gasteiger partial charge in [0.25, 0.3) is 0 Å². The van der Waals surface area contributed by atoms with Crippen molar-refractivity contribution in [3.05, 3.63) is 17.3 Å². The molecule has 23 heavy (non-hydrogen) atoms. The maximum atomic E-state index is 11.8. The zero-order valence-corrected chi connectivity index (χ0v) is 14.6. The average Bonchev–Trinajstić information content (AvgIpc) is 2.93. The highest BCUT2D eigenvalue weighted by Crippen LogP contribution is 2.25. The molecule has 126 valence electrons. The normalized spacial score (nSPS) is 13.0. The van der Waals surface area contributed by atoms with Gasteiger partial charge in [0.15, 0.2) is 0 Å². The van der Waals surface area contributed by atoms with Crippen molar-refractivity contribution in [2.24, 2.45) is 7.05 Å². The standard InChI is InChI=1S/C15H23N5O3/c1-8-11(10(3)20(7)18-8)12-17-13(23-19-12)9(2)16-14(21)22-15(4,5)6/h9H,1-7H3,(H,16,21)/t9-/m0/s1. The summed E-state index contributed by atoms with van der Waals surface area (Å²) in [6.07, 6.45) is -0.529. The Kier molecular flexibility index (Phi) is 4.44. The van der Waals surface area contributed by atoms with E-state index in [-0.39, 0.29) is 0 Å². The molecule has 2 aromatic rings. The van der Waals surface area contributed by atoms with Gasteiger partial charge in [-0.1, -0.05) is 5.16 Å². The van der Waals surface area contributed by atoms with Crippen LogP contribution in [0.25, 0.3) is 11.4 Å². The number of carbonyl (C=O) groups excluding carboxylic acids is 1. The Morgan fingerprint density at radius 1 is 1.35 bits per heavy atom. The molecular formula is C15H23N5O3. The van der Waals surface area contributed by atoms with Crippen LogP contribution in [0.4, 0.5) is 4.79 Å². The molecule has 0 fully saturated rings. The van der Waals surface area contributed by atoms with Crippen molar-refractivity contribution in [1.29, 1.82) is 0 Å². The van der Waals surface area contributed by atoms with Crippen LogP contribution in [0.5, 0.6) is 0 Å². The molecule has 0 bridgehead atoms. The van der Waals surface area contributed by atoms with E-state index in [1.54, 1.807) is 32.4 Å². The number of ether oxygens (including phenoxy) is 1. The summed E-state index contributed by atoms with van der Waals surface area (Å²) in [4.78, 5) is 16.2. The number of aryl methyl sites for hydroxylation is 2. The number of nitrogens with zero attached hydrogens (tertiary/aromatic N) is 4. The lowest BCUT2D eigenvalue weighted by atomic mass is 10.2. The predicted molar refractivity (Wildman–Crippen MR) is 83.8 cm³/mol. The largest absolute Gasteiger partial charge is 0.444 e. The van der Waals surface area contributed by atoms with Crippen molar-refractivity contribution in [3.8, 4) is 11.4 Å². The van der Waals surface area contributed by atoms with Crippen LogP contribution in [0.15, 0.2) is 4.52 Å². The molecule has 1 amide bonds. The minimum Gasteiger partial charge on any atom is -0.444 e. The Balaban J connectivity index is 2.14. The van der Waals surface area contributed by atoms with Gasteiger partial charge in [-0.25, -0.2) is 4.79 Å². The third-order valence-electron chi connectivity index (χ3n) is 3.28. The molecule has 0 aromatic carbocycles. The summed E-state index contributed by atoms with van der Waals surface area (Å²) in [5.74, 6) is 0.773. The van der Waals surface area contributed by atoms with Crippen molar-refractivity contribution < 1.29 is 14.1 Å². The number of hydrogen-bond donors (Lipinski definition) is 1. The first-order chi connectivity index (χ1) is 10.6. The van der Waals surface area contributed by atoms with Crippen LogP contribution in [-0.4, -0.2) is 31.6 Å². The van der Waals surface area contributed by atoms with Gasteiger partial charge in [-0.05, 0) is 41.5 Å². The molecule has 1 N–H and O–H groups in total. The molecule has 0 saturated heterocycles. The molecular weight excluding hydrogens is 298 g/mol. The number of hydrogen-bond acceptors (Lipinski definition) is 6. The highest BCUT2D eigenvalue weighted by atomic mass is 16.6. The van der Waals surface area contributed by atoms with Crippen molar-refractivity contribution >= 4 is 6.09 Å². The molecule has 0 aliphatic heterocycles. The van der Waals surface area contributed by atoms with E-state index in [9.17, 15) is 4.79 Å². The summed E-state index contributed by atoms with van der Waals surface area (Å²) >= 11 is 0. The predicted octanol–water partition coefficient (Wildman–Crippen LogP) is 2.67. The smallest absolute Gasteiger partial charge is 0.408 e. The van der Waals surface area contributed by atoms with Gasteiger partial charge in [0.2, 0.25) is 11.7 Å². The summed E-state index contributed by atoms with van der Waals surface area (Å²) in [7, 11) is 1.86. The third kappa shape index (κ3) is 3.88. The summed E-state index contributed by atoms with van der Waals surface area (Å²) in [6, 6.07) is -0.455. The zero-order valence-electron chi connectivity index (χ0n) is 14.6. The maximum absolute atomic E-state index is 11.8. The van der Waals surface area contributed by atoms with E-state index >= 15 is 0 Å². The fourth-order valence-corrected chi connectivity index (χ4v) is 2.16. The second kappa shape index (κ2) is 6.02. The van der Waals surface area contributed by atoms with E-state index in [1.165, 1.54) is 0 Å².